The van der Waals surface area contributed by atoms with E-state index in [4.69, 9.17) is 19.1 Å². The molecule has 0 amide bonds. The number of aryl methyl sites for hydroxylation is 1. The van der Waals surface area contributed by atoms with Crippen molar-refractivity contribution in [1.29, 1.82) is 0 Å². The second kappa shape index (κ2) is 7.29. The van der Waals surface area contributed by atoms with Crippen LogP contribution in [0.5, 0.6) is 0 Å². The van der Waals surface area contributed by atoms with E-state index in [1.165, 1.54) is 0 Å². The van der Waals surface area contributed by atoms with Crippen LogP contribution in [0.2, 0.25) is 0 Å². The molecular formula is C24H30BFN2O3. The van der Waals surface area contributed by atoms with Gasteiger partial charge in [-0.05, 0) is 81.8 Å². The molecule has 0 radical (unpaired) electrons. The molecule has 2 aliphatic heterocycles. The molecule has 3 heterocycles. The normalized spacial score (nSPS) is 23.2. The van der Waals surface area contributed by atoms with Gasteiger partial charge in [-0.1, -0.05) is 13.0 Å². The first-order chi connectivity index (χ1) is 14.7. The smallest absolute Gasteiger partial charge is 0.399 e. The first-order valence-corrected chi connectivity index (χ1v) is 11.3. The predicted molar refractivity (Wildman–Crippen MR) is 121 cm³/mol. The standard InChI is InChI=1S/C24H30BFN2O3/c1-6-16-18(26)11-10-15-13-19-17(14-27-28(19)20-9-7-8-12-29-20)22(21(15)16)25-30-23(2,3)24(4,5)31-25/h10-11,13-14,20H,6-9,12H2,1-5H3. The molecule has 7 heteroatoms. The number of aromatic nitrogens is 2. The van der Waals surface area contributed by atoms with E-state index in [2.05, 4.69) is 6.07 Å². The lowest BCUT2D eigenvalue weighted by molar-refractivity contribution is -0.0366. The van der Waals surface area contributed by atoms with Crippen LogP contribution in [0.15, 0.2) is 24.4 Å². The number of nitrogens with zero attached hydrogens (tertiary/aromatic N) is 2. The van der Waals surface area contributed by atoms with E-state index < -0.39 is 18.3 Å². The highest BCUT2D eigenvalue weighted by Gasteiger charge is 2.52. The summed E-state index contributed by atoms with van der Waals surface area (Å²) in [4.78, 5) is 0. The van der Waals surface area contributed by atoms with Crippen LogP contribution < -0.4 is 5.46 Å². The molecule has 0 aliphatic carbocycles. The van der Waals surface area contributed by atoms with Gasteiger partial charge in [-0.15, -0.1) is 0 Å². The molecule has 3 aromatic rings. The van der Waals surface area contributed by atoms with Crippen LogP contribution in [0.4, 0.5) is 4.39 Å². The number of hydrogen-bond acceptors (Lipinski definition) is 4. The fraction of sp³-hybridized carbons (Fsp3) is 0.542. The first-order valence-electron chi connectivity index (χ1n) is 11.3. The summed E-state index contributed by atoms with van der Waals surface area (Å²) in [6.07, 6.45) is 5.50. The SMILES string of the molecule is CCc1c(F)ccc2cc3c(cnn3C3CCCCO3)c(B3OC(C)(C)C(C)(C)O3)c12. The summed E-state index contributed by atoms with van der Waals surface area (Å²) in [6.45, 7) is 10.9. The highest BCUT2D eigenvalue weighted by Crippen LogP contribution is 2.39. The first kappa shape index (κ1) is 20.9. The molecule has 31 heavy (non-hydrogen) atoms. The van der Waals surface area contributed by atoms with Crippen molar-refractivity contribution in [3.05, 3.63) is 35.8 Å². The predicted octanol–water partition coefficient (Wildman–Crippen LogP) is 4.89. The van der Waals surface area contributed by atoms with E-state index in [9.17, 15) is 4.39 Å². The van der Waals surface area contributed by atoms with Crippen LogP contribution in [0.1, 0.15) is 65.7 Å². The Morgan fingerprint density at radius 1 is 1.16 bits per heavy atom. The topological polar surface area (TPSA) is 45.5 Å². The van der Waals surface area contributed by atoms with Crippen LogP contribution in [0, 0.1) is 5.82 Å². The van der Waals surface area contributed by atoms with Crippen LogP contribution >= 0.6 is 0 Å². The Morgan fingerprint density at radius 2 is 1.90 bits per heavy atom. The van der Waals surface area contributed by atoms with Crippen molar-refractivity contribution in [2.75, 3.05) is 6.61 Å². The van der Waals surface area contributed by atoms with Gasteiger partial charge in [-0.2, -0.15) is 5.10 Å². The largest absolute Gasteiger partial charge is 0.496 e. The Labute approximate surface area is 183 Å². The molecule has 1 unspecified atom stereocenters. The molecule has 2 aliphatic rings. The van der Waals surface area contributed by atoms with Gasteiger partial charge in [0.15, 0.2) is 6.23 Å². The average molecular weight is 424 g/mol. The molecule has 164 valence electrons. The van der Waals surface area contributed by atoms with E-state index in [1.807, 2.05) is 51.6 Å². The summed E-state index contributed by atoms with van der Waals surface area (Å²) >= 11 is 0. The maximum absolute atomic E-state index is 14.9. The van der Waals surface area contributed by atoms with Gasteiger partial charge >= 0.3 is 7.12 Å². The van der Waals surface area contributed by atoms with Crippen molar-refractivity contribution in [3.8, 4) is 0 Å². The second-order valence-corrected chi connectivity index (χ2v) is 9.70. The molecule has 2 fully saturated rings. The van der Waals surface area contributed by atoms with Crippen molar-refractivity contribution >= 4 is 34.3 Å². The van der Waals surface area contributed by atoms with Crippen LogP contribution in [-0.4, -0.2) is 34.7 Å². The van der Waals surface area contributed by atoms with E-state index >= 15 is 0 Å². The molecule has 0 spiro atoms. The second-order valence-electron chi connectivity index (χ2n) is 9.70. The van der Waals surface area contributed by atoms with Crippen molar-refractivity contribution < 1.29 is 18.4 Å². The minimum absolute atomic E-state index is 0.0825. The van der Waals surface area contributed by atoms with E-state index in [0.717, 1.165) is 53.0 Å². The van der Waals surface area contributed by atoms with Gasteiger partial charge in [-0.3, -0.25) is 0 Å². The number of halogens is 1. The minimum atomic E-state index is -0.603. The Hall–Kier alpha value is -1.96. The minimum Gasteiger partial charge on any atom is -0.399 e. The van der Waals surface area contributed by atoms with Gasteiger partial charge < -0.3 is 14.0 Å². The van der Waals surface area contributed by atoms with Gasteiger partial charge in [-0.25, -0.2) is 9.07 Å². The van der Waals surface area contributed by atoms with Crippen LogP contribution in [0.3, 0.4) is 0 Å². The summed E-state index contributed by atoms with van der Waals surface area (Å²) in [6, 6.07) is 5.50. The third kappa shape index (κ3) is 3.20. The third-order valence-corrected chi connectivity index (χ3v) is 7.24. The third-order valence-electron chi connectivity index (χ3n) is 7.24. The van der Waals surface area contributed by atoms with E-state index in [-0.39, 0.29) is 12.0 Å². The molecule has 0 bridgehead atoms. The maximum Gasteiger partial charge on any atom is 0.496 e. The number of fused-ring (bicyclic) bond motifs is 2. The zero-order chi connectivity index (χ0) is 22.0. The summed E-state index contributed by atoms with van der Waals surface area (Å²) in [5, 5.41) is 7.48. The quantitative estimate of drug-likeness (QED) is 0.562. The number of ether oxygens (including phenoxy) is 1. The molecule has 5 nitrogen and oxygen atoms in total. The number of benzene rings is 2. The van der Waals surface area contributed by atoms with Gasteiger partial charge in [0.1, 0.15) is 5.82 Å². The van der Waals surface area contributed by atoms with Crippen molar-refractivity contribution in [1.82, 2.24) is 9.78 Å². The summed E-state index contributed by atoms with van der Waals surface area (Å²) in [7, 11) is -0.603. The molecule has 0 saturated carbocycles. The van der Waals surface area contributed by atoms with E-state index in [1.54, 1.807) is 6.07 Å². The molecule has 5 rings (SSSR count). The fourth-order valence-electron chi connectivity index (χ4n) is 4.78. The highest BCUT2D eigenvalue weighted by molar-refractivity contribution is 6.68. The zero-order valence-corrected chi connectivity index (χ0v) is 19.0. The Bertz CT molecular complexity index is 1130. The molecule has 1 atom stereocenters. The van der Waals surface area contributed by atoms with Gasteiger partial charge in [0, 0.05) is 17.5 Å². The zero-order valence-electron chi connectivity index (χ0n) is 19.0. The molecule has 1 aromatic heterocycles. The lowest BCUT2D eigenvalue weighted by Gasteiger charge is -2.32. The van der Waals surface area contributed by atoms with Crippen molar-refractivity contribution in [2.45, 2.75) is 77.7 Å². The Kier molecular flexibility index (Phi) is 4.92. The lowest BCUT2D eigenvalue weighted by Crippen LogP contribution is -2.41. The van der Waals surface area contributed by atoms with Gasteiger partial charge in [0.25, 0.3) is 0 Å². The fourth-order valence-corrected chi connectivity index (χ4v) is 4.78. The molecule has 2 aromatic carbocycles. The summed E-state index contributed by atoms with van der Waals surface area (Å²) in [5.74, 6) is -0.199. The summed E-state index contributed by atoms with van der Waals surface area (Å²) < 4.78 is 35.7. The lowest BCUT2D eigenvalue weighted by atomic mass is 9.72. The van der Waals surface area contributed by atoms with Crippen molar-refractivity contribution in [3.63, 3.8) is 0 Å². The molecule has 2 saturated heterocycles. The number of rotatable bonds is 3. The van der Waals surface area contributed by atoms with Gasteiger partial charge in [0.2, 0.25) is 0 Å². The average Bonchev–Trinajstić information content (AvgIpc) is 3.24. The maximum atomic E-state index is 14.9. The monoisotopic (exact) mass is 424 g/mol. The van der Waals surface area contributed by atoms with Crippen LogP contribution in [-0.2, 0) is 20.5 Å². The Morgan fingerprint density at radius 3 is 2.55 bits per heavy atom. The molecule has 0 N–H and O–H groups in total. The Balaban J connectivity index is 1.79. The molecular weight excluding hydrogens is 394 g/mol. The van der Waals surface area contributed by atoms with E-state index in [0.29, 0.717) is 12.0 Å². The highest BCUT2D eigenvalue weighted by atomic mass is 19.1. The van der Waals surface area contributed by atoms with Gasteiger partial charge in [0.05, 0.1) is 22.9 Å². The van der Waals surface area contributed by atoms with Crippen LogP contribution in [0.25, 0.3) is 21.7 Å². The van der Waals surface area contributed by atoms with Crippen molar-refractivity contribution in [2.24, 2.45) is 0 Å². The number of hydrogen-bond donors (Lipinski definition) is 0. The summed E-state index contributed by atoms with van der Waals surface area (Å²) in [5.41, 5.74) is 1.54.